The van der Waals surface area contributed by atoms with E-state index in [4.69, 9.17) is 0 Å². The van der Waals surface area contributed by atoms with E-state index in [0.29, 0.717) is 11.7 Å². The highest BCUT2D eigenvalue weighted by Gasteiger charge is 2.03. The van der Waals surface area contributed by atoms with E-state index in [-0.39, 0.29) is 5.97 Å². The van der Waals surface area contributed by atoms with Gasteiger partial charge in [-0.2, -0.15) is 25.3 Å². The van der Waals surface area contributed by atoms with Gasteiger partial charge in [-0.1, -0.05) is 6.42 Å². The molecule has 4 heteroatoms. The molecule has 0 spiro atoms. The Labute approximate surface area is 91.2 Å². The maximum absolute atomic E-state index is 10.7. The van der Waals surface area contributed by atoms with E-state index in [0.717, 1.165) is 31.4 Å². The third kappa shape index (κ3) is 8.50. The van der Waals surface area contributed by atoms with Crippen molar-refractivity contribution in [2.24, 2.45) is 0 Å². The molecule has 0 heterocycles. The number of esters is 1. The summed E-state index contributed by atoms with van der Waals surface area (Å²) in [6, 6.07) is 0. The summed E-state index contributed by atoms with van der Waals surface area (Å²) in [7, 11) is 1.42. The van der Waals surface area contributed by atoms with Crippen molar-refractivity contribution in [1.29, 1.82) is 0 Å². The van der Waals surface area contributed by atoms with Gasteiger partial charge in [0.2, 0.25) is 0 Å². The number of thiol groups is 2. The molecule has 0 aliphatic rings. The number of methoxy groups -OCH3 is 1. The van der Waals surface area contributed by atoms with E-state index in [1.165, 1.54) is 7.11 Å². The maximum atomic E-state index is 10.7. The fourth-order valence-corrected chi connectivity index (χ4v) is 1.87. The van der Waals surface area contributed by atoms with Crippen molar-refractivity contribution in [3.8, 4) is 0 Å². The number of hydrogen-bond acceptors (Lipinski definition) is 4. The van der Waals surface area contributed by atoms with E-state index in [9.17, 15) is 4.79 Å². The molecule has 78 valence electrons. The fraction of sp³-hybridized carbons (Fsp3) is 0.889. The minimum Gasteiger partial charge on any atom is -0.469 e. The van der Waals surface area contributed by atoms with Crippen LogP contribution in [-0.4, -0.2) is 24.1 Å². The van der Waals surface area contributed by atoms with Gasteiger partial charge in [0.1, 0.15) is 0 Å². The average molecular weight is 222 g/mol. The summed E-state index contributed by atoms with van der Waals surface area (Å²) >= 11 is 8.52. The van der Waals surface area contributed by atoms with Crippen LogP contribution in [0.2, 0.25) is 0 Å². The molecule has 0 aliphatic heterocycles. The Morgan fingerprint density at radius 1 is 1.38 bits per heavy atom. The molecule has 0 rings (SSSR count). The summed E-state index contributed by atoms with van der Waals surface area (Å²) in [6.07, 6.45) is 4.55. The monoisotopic (exact) mass is 222 g/mol. The van der Waals surface area contributed by atoms with Crippen LogP contribution in [0.4, 0.5) is 0 Å². The largest absolute Gasteiger partial charge is 0.469 e. The lowest BCUT2D eigenvalue weighted by Crippen LogP contribution is -2.02. The van der Waals surface area contributed by atoms with E-state index in [2.05, 4.69) is 30.0 Å². The first-order valence-corrected chi connectivity index (χ1v) is 5.71. The Balaban J connectivity index is 3.20. The standard InChI is InChI=1S/C9H18O2S2/c1-11-9(10)5-3-2-4-8(13)6-7-12/h8,12-13H,2-7H2,1H3/t8-/m0/s1. The molecule has 0 saturated carbocycles. The number of ether oxygens (including phenoxy) is 1. The van der Waals surface area contributed by atoms with Crippen LogP contribution in [0.3, 0.4) is 0 Å². The summed E-state index contributed by atoms with van der Waals surface area (Å²) in [4.78, 5) is 10.7. The van der Waals surface area contributed by atoms with Crippen molar-refractivity contribution < 1.29 is 9.53 Å². The Morgan fingerprint density at radius 2 is 2.08 bits per heavy atom. The van der Waals surface area contributed by atoms with Gasteiger partial charge in [-0.05, 0) is 25.0 Å². The Hall–Kier alpha value is 0.170. The molecular weight excluding hydrogens is 204 g/mol. The van der Waals surface area contributed by atoms with Crippen molar-refractivity contribution in [3.05, 3.63) is 0 Å². The molecular formula is C9H18O2S2. The van der Waals surface area contributed by atoms with E-state index in [1.54, 1.807) is 0 Å². The van der Waals surface area contributed by atoms with Gasteiger partial charge in [0.05, 0.1) is 7.11 Å². The molecule has 0 aliphatic carbocycles. The Morgan fingerprint density at radius 3 is 2.62 bits per heavy atom. The van der Waals surface area contributed by atoms with Crippen LogP contribution in [0.5, 0.6) is 0 Å². The predicted molar refractivity (Wildman–Crippen MR) is 61.7 cm³/mol. The minimum absolute atomic E-state index is 0.120. The van der Waals surface area contributed by atoms with Crippen molar-refractivity contribution in [2.45, 2.75) is 37.4 Å². The van der Waals surface area contributed by atoms with Crippen LogP contribution >= 0.6 is 25.3 Å². The molecule has 0 aromatic heterocycles. The second-order valence-corrected chi connectivity index (χ2v) is 4.17. The maximum Gasteiger partial charge on any atom is 0.305 e. The van der Waals surface area contributed by atoms with Crippen LogP contribution in [0, 0.1) is 0 Å². The first-order valence-electron chi connectivity index (χ1n) is 4.56. The molecule has 0 N–H and O–H groups in total. The topological polar surface area (TPSA) is 26.3 Å². The molecule has 0 aromatic rings. The minimum atomic E-state index is -0.120. The molecule has 13 heavy (non-hydrogen) atoms. The third-order valence-corrected chi connectivity index (χ3v) is 2.63. The number of rotatable bonds is 7. The average Bonchev–Trinajstić information content (AvgIpc) is 2.12. The van der Waals surface area contributed by atoms with Gasteiger partial charge in [0.25, 0.3) is 0 Å². The molecule has 2 nitrogen and oxygen atoms in total. The predicted octanol–water partition coefficient (Wildman–Crippen LogP) is 2.34. The fourth-order valence-electron chi connectivity index (χ4n) is 1.04. The van der Waals surface area contributed by atoms with Crippen LogP contribution < -0.4 is 0 Å². The summed E-state index contributed by atoms with van der Waals surface area (Å²) < 4.78 is 4.53. The first kappa shape index (κ1) is 13.2. The highest BCUT2D eigenvalue weighted by atomic mass is 32.1. The number of carbonyl (C=O) groups excluding carboxylic acids is 1. The lowest BCUT2D eigenvalue weighted by Gasteiger charge is -2.07. The second-order valence-electron chi connectivity index (χ2n) is 2.99. The number of unbranched alkanes of at least 4 members (excludes halogenated alkanes) is 1. The highest BCUT2D eigenvalue weighted by Crippen LogP contribution is 2.12. The summed E-state index contributed by atoms with van der Waals surface area (Å²) in [5.74, 6) is 0.760. The quantitative estimate of drug-likeness (QED) is 0.393. The molecule has 1 atom stereocenters. The number of carbonyl (C=O) groups is 1. The molecule has 0 amide bonds. The summed E-state index contributed by atoms with van der Waals surface area (Å²) in [5, 5.41) is 0.426. The summed E-state index contributed by atoms with van der Waals surface area (Å²) in [5.41, 5.74) is 0. The normalized spacial score (nSPS) is 12.5. The van der Waals surface area contributed by atoms with Crippen LogP contribution in [-0.2, 0) is 9.53 Å². The zero-order valence-electron chi connectivity index (χ0n) is 8.03. The Kier molecular flexibility index (Phi) is 8.87. The number of hydrogen-bond donors (Lipinski definition) is 2. The van der Waals surface area contributed by atoms with E-state index in [1.807, 2.05) is 0 Å². The van der Waals surface area contributed by atoms with Crippen molar-refractivity contribution in [3.63, 3.8) is 0 Å². The van der Waals surface area contributed by atoms with Gasteiger partial charge in [-0.25, -0.2) is 0 Å². The van der Waals surface area contributed by atoms with Crippen molar-refractivity contribution in [2.75, 3.05) is 12.9 Å². The van der Waals surface area contributed by atoms with Gasteiger partial charge in [-0.15, -0.1) is 0 Å². The van der Waals surface area contributed by atoms with E-state index >= 15 is 0 Å². The lowest BCUT2D eigenvalue weighted by molar-refractivity contribution is -0.140. The second kappa shape index (κ2) is 8.75. The van der Waals surface area contributed by atoms with Crippen molar-refractivity contribution in [1.82, 2.24) is 0 Å². The van der Waals surface area contributed by atoms with Gasteiger partial charge in [0, 0.05) is 11.7 Å². The van der Waals surface area contributed by atoms with E-state index < -0.39 is 0 Å². The van der Waals surface area contributed by atoms with Crippen LogP contribution in [0.1, 0.15) is 32.1 Å². The molecule has 0 radical (unpaired) electrons. The summed E-state index contributed by atoms with van der Waals surface area (Å²) in [6.45, 7) is 0. The zero-order chi connectivity index (χ0) is 10.1. The lowest BCUT2D eigenvalue weighted by atomic mass is 10.1. The van der Waals surface area contributed by atoms with Gasteiger partial charge < -0.3 is 4.74 Å². The SMILES string of the molecule is COC(=O)CCCC[C@H](S)CCS. The van der Waals surface area contributed by atoms with Crippen LogP contribution in [0.15, 0.2) is 0 Å². The molecule has 0 aromatic carbocycles. The smallest absolute Gasteiger partial charge is 0.305 e. The highest BCUT2D eigenvalue weighted by molar-refractivity contribution is 7.81. The molecule has 0 saturated heterocycles. The van der Waals surface area contributed by atoms with Crippen molar-refractivity contribution >= 4 is 31.2 Å². The third-order valence-electron chi connectivity index (χ3n) is 1.86. The van der Waals surface area contributed by atoms with Gasteiger partial charge in [-0.3, -0.25) is 4.79 Å². The Bertz CT molecular complexity index is 140. The zero-order valence-corrected chi connectivity index (χ0v) is 9.82. The molecule has 0 bridgehead atoms. The van der Waals surface area contributed by atoms with Gasteiger partial charge in [0.15, 0.2) is 0 Å². The van der Waals surface area contributed by atoms with Gasteiger partial charge >= 0.3 is 5.97 Å². The first-order chi connectivity index (χ1) is 6.20. The van der Waals surface area contributed by atoms with Crippen LogP contribution in [0.25, 0.3) is 0 Å². The molecule has 0 fully saturated rings. The molecule has 0 unspecified atom stereocenters.